The maximum atomic E-state index is 5.35. The van der Waals surface area contributed by atoms with Gasteiger partial charge < -0.3 is 4.43 Å². The summed E-state index contributed by atoms with van der Waals surface area (Å²) in [6.07, 6.45) is 7.62. The van der Waals surface area contributed by atoms with Gasteiger partial charge in [-0.15, -0.1) is 0 Å². The van der Waals surface area contributed by atoms with Crippen LogP contribution in [0.5, 0.6) is 0 Å². The fourth-order valence-electron chi connectivity index (χ4n) is 0.832. The molecule has 0 radical (unpaired) electrons. The van der Waals surface area contributed by atoms with Crippen molar-refractivity contribution in [2.75, 3.05) is 6.61 Å². The van der Waals surface area contributed by atoms with Crippen molar-refractivity contribution in [3.8, 4) is 0 Å². The van der Waals surface area contributed by atoms with Crippen molar-refractivity contribution < 1.29 is 4.43 Å². The van der Waals surface area contributed by atoms with Gasteiger partial charge in [-0.1, -0.05) is 23.4 Å². The van der Waals surface area contributed by atoms with Crippen LogP contribution in [-0.4, -0.2) is 45.9 Å². The number of rotatable bonds is 3. The van der Waals surface area contributed by atoms with Crippen LogP contribution in [0.3, 0.4) is 0 Å². The van der Waals surface area contributed by atoms with Crippen LogP contribution in [0, 0.1) is 0 Å². The summed E-state index contributed by atoms with van der Waals surface area (Å²) in [7, 11) is -0.314. The van der Waals surface area contributed by atoms with Gasteiger partial charge in [-0.25, -0.2) is 0 Å². The summed E-state index contributed by atoms with van der Waals surface area (Å²) in [5, 5.41) is 1.52. The van der Waals surface area contributed by atoms with Crippen molar-refractivity contribution in [1.82, 2.24) is 0 Å². The summed E-state index contributed by atoms with van der Waals surface area (Å²) >= 11 is 0. The Hall–Kier alpha value is 0.657. The van der Waals surface area contributed by atoms with Gasteiger partial charge in [0, 0.05) is 6.61 Å². The van der Waals surface area contributed by atoms with Gasteiger partial charge in [0.1, 0.15) is 0 Å². The molecule has 0 aromatic rings. The van der Waals surface area contributed by atoms with Crippen molar-refractivity contribution in [2.45, 2.75) is 13.3 Å². The van der Waals surface area contributed by atoms with Gasteiger partial charge in [0.25, 0.3) is 0 Å². The van der Waals surface area contributed by atoms with E-state index in [-0.39, 0.29) is 39.3 Å². The van der Waals surface area contributed by atoms with Crippen LogP contribution in [0.1, 0.15) is 13.3 Å². The molecule has 0 saturated carbocycles. The molecule has 0 spiro atoms. The molecule has 1 aliphatic rings. The number of allylic oxidation sites excluding steroid dienone is 4. The van der Waals surface area contributed by atoms with Gasteiger partial charge in [0.15, 0.2) is 9.76 Å². The van der Waals surface area contributed by atoms with E-state index in [4.69, 9.17) is 4.43 Å². The molecule has 0 saturated heterocycles. The molecule has 1 rings (SSSR count). The first-order chi connectivity index (χ1) is 4.43. The molecule has 0 bridgehead atoms. The molecule has 0 aromatic heterocycles. The van der Waals surface area contributed by atoms with Crippen molar-refractivity contribution in [1.29, 1.82) is 0 Å². The van der Waals surface area contributed by atoms with E-state index < -0.39 is 0 Å². The molecule has 0 fully saturated rings. The Balaban J connectivity index is 0.000000810. The zero-order chi connectivity index (χ0) is 6.53. The minimum absolute atomic E-state index is 0. The predicted molar refractivity (Wildman–Crippen MR) is 49.2 cm³/mol. The molecule has 0 unspecified atom stereocenters. The van der Waals surface area contributed by atoms with Crippen molar-refractivity contribution in [3.63, 3.8) is 0 Å². The Kier molecular flexibility index (Phi) is 6.79. The molecule has 1 nitrogen and oxygen atoms in total. The van der Waals surface area contributed by atoms with E-state index in [1.807, 2.05) is 0 Å². The van der Waals surface area contributed by atoms with E-state index >= 15 is 0 Å². The second kappa shape index (κ2) is 6.37. The average molecular weight is 164 g/mol. The topological polar surface area (TPSA) is 9.23 Å². The van der Waals surface area contributed by atoms with Gasteiger partial charge in [-0.2, -0.15) is 0 Å². The average Bonchev–Trinajstić information content (AvgIpc) is 2.34. The zero-order valence-corrected chi connectivity index (χ0v) is 7.18. The van der Waals surface area contributed by atoms with Crippen LogP contribution in [0.15, 0.2) is 23.4 Å². The Morgan fingerprint density at radius 1 is 1.70 bits per heavy atom. The molecule has 0 amide bonds. The minimum atomic E-state index is -0.314. The van der Waals surface area contributed by atoms with Gasteiger partial charge in [0.05, 0.1) is 0 Å². The fraction of sp³-hybridized carbons (Fsp3) is 0.429. The van der Waals surface area contributed by atoms with Gasteiger partial charge in [0.2, 0.25) is 0 Å². The van der Waals surface area contributed by atoms with Crippen LogP contribution in [0.25, 0.3) is 0 Å². The molecule has 0 atom stereocenters. The van der Waals surface area contributed by atoms with E-state index in [2.05, 4.69) is 25.2 Å². The normalized spacial score (nSPS) is 15.9. The SMILES string of the molecule is CCO[SiH2]C1=CC=CC1.[NaH]. The van der Waals surface area contributed by atoms with E-state index in [1.54, 1.807) is 0 Å². The first-order valence-corrected chi connectivity index (χ1v) is 4.64. The zero-order valence-electron chi connectivity index (χ0n) is 5.76. The van der Waals surface area contributed by atoms with Gasteiger partial charge in [-0.3, -0.25) is 0 Å². The third kappa shape index (κ3) is 3.74. The van der Waals surface area contributed by atoms with Crippen LogP contribution in [0.2, 0.25) is 0 Å². The molecule has 1 aliphatic carbocycles. The maximum absolute atomic E-state index is 5.35. The van der Waals surface area contributed by atoms with E-state index in [1.165, 1.54) is 5.20 Å². The number of hydrogen-bond acceptors (Lipinski definition) is 1. The molecule has 3 heteroatoms. The molecular weight excluding hydrogens is 151 g/mol. The summed E-state index contributed by atoms with van der Waals surface area (Å²) in [6, 6.07) is 0. The number of hydrogen-bond donors (Lipinski definition) is 0. The predicted octanol–water partition coefficient (Wildman–Crippen LogP) is 0.302. The Bertz CT molecular complexity index is 143. The summed E-state index contributed by atoms with van der Waals surface area (Å²) in [5.74, 6) is 0. The second-order valence-electron chi connectivity index (χ2n) is 2.09. The summed E-state index contributed by atoms with van der Waals surface area (Å²) in [4.78, 5) is 0. The third-order valence-electron chi connectivity index (χ3n) is 1.34. The first-order valence-electron chi connectivity index (χ1n) is 3.36. The second-order valence-corrected chi connectivity index (χ2v) is 3.70. The van der Waals surface area contributed by atoms with Crippen LogP contribution >= 0.6 is 0 Å². The van der Waals surface area contributed by atoms with Crippen molar-refractivity contribution in [3.05, 3.63) is 23.4 Å². The molecule has 0 heterocycles. The van der Waals surface area contributed by atoms with E-state index in [9.17, 15) is 0 Å². The molecule has 0 aromatic carbocycles. The standard InChI is InChI=1S/C7H12OSi.Na.H/c1-2-8-9-7-5-3-4-6-7;;/h3-5H,2,6,9H2,1H3;;. The Morgan fingerprint density at radius 3 is 3.00 bits per heavy atom. The van der Waals surface area contributed by atoms with Crippen LogP contribution < -0.4 is 0 Å². The summed E-state index contributed by atoms with van der Waals surface area (Å²) in [6.45, 7) is 2.93. The monoisotopic (exact) mass is 164 g/mol. The molecular formula is C7H13NaOSi. The first kappa shape index (κ1) is 10.7. The van der Waals surface area contributed by atoms with Crippen molar-refractivity contribution >= 4 is 39.3 Å². The van der Waals surface area contributed by atoms with E-state index in [0.717, 1.165) is 13.0 Å². The summed E-state index contributed by atoms with van der Waals surface area (Å²) in [5.41, 5.74) is 0. The van der Waals surface area contributed by atoms with E-state index in [0.29, 0.717) is 0 Å². The van der Waals surface area contributed by atoms with Gasteiger partial charge >= 0.3 is 29.6 Å². The van der Waals surface area contributed by atoms with Crippen LogP contribution in [-0.2, 0) is 4.43 Å². The quantitative estimate of drug-likeness (QED) is 0.545. The summed E-state index contributed by atoms with van der Waals surface area (Å²) < 4.78 is 5.35. The van der Waals surface area contributed by atoms with Gasteiger partial charge in [-0.05, 0) is 13.3 Å². The Morgan fingerprint density at radius 2 is 2.50 bits per heavy atom. The van der Waals surface area contributed by atoms with Crippen LogP contribution in [0.4, 0.5) is 0 Å². The fourth-order valence-corrected chi connectivity index (χ4v) is 1.81. The molecule has 0 aliphatic heterocycles. The Labute approximate surface area is 86.8 Å². The molecule has 10 heavy (non-hydrogen) atoms. The van der Waals surface area contributed by atoms with Crippen molar-refractivity contribution in [2.24, 2.45) is 0 Å². The molecule has 52 valence electrons. The molecule has 0 N–H and O–H groups in total. The third-order valence-corrected chi connectivity index (χ3v) is 2.85.